The second-order valence-corrected chi connectivity index (χ2v) is 5.56. The van der Waals surface area contributed by atoms with Crippen molar-refractivity contribution < 1.29 is 14.7 Å². The molecule has 1 fully saturated rings. The molecule has 1 heterocycles. The lowest BCUT2D eigenvalue weighted by Crippen LogP contribution is -2.40. The SMILES string of the molecule is Cc1cccc(C(=O)N2CCC[C@H](CCC(=O)O)C2)c1. The number of rotatable bonds is 4. The Balaban J connectivity index is 1.98. The van der Waals surface area contributed by atoms with E-state index in [0.29, 0.717) is 18.9 Å². The summed E-state index contributed by atoms with van der Waals surface area (Å²) in [6.07, 6.45) is 2.83. The van der Waals surface area contributed by atoms with Crippen LogP contribution in [-0.4, -0.2) is 35.0 Å². The van der Waals surface area contributed by atoms with Crippen molar-refractivity contribution in [2.75, 3.05) is 13.1 Å². The molecular formula is C16H21NO3. The van der Waals surface area contributed by atoms with Gasteiger partial charge >= 0.3 is 5.97 Å². The molecule has 1 aromatic carbocycles. The van der Waals surface area contributed by atoms with Gasteiger partial charge in [-0.15, -0.1) is 0 Å². The van der Waals surface area contributed by atoms with Gasteiger partial charge in [-0.2, -0.15) is 0 Å². The van der Waals surface area contributed by atoms with Gasteiger partial charge in [0, 0.05) is 25.1 Å². The van der Waals surface area contributed by atoms with Gasteiger partial charge in [0.25, 0.3) is 5.91 Å². The first-order valence-electron chi connectivity index (χ1n) is 7.14. The molecule has 0 aromatic heterocycles. The summed E-state index contributed by atoms with van der Waals surface area (Å²) in [4.78, 5) is 24.9. The van der Waals surface area contributed by atoms with E-state index in [0.717, 1.165) is 30.5 Å². The number of carbonyl (C=O) groups is 2. The first-order chi connectivity index (χ1) is 9.56. The maximum atomic E-state index is 12.4. The molecule has 0 spiro atoms. The van der Waals surface area contributed by atoms with Crippen molar-refractivity contribution in [1.82, 2.24) is 4.90 Å². The summed E-state index contributed by atoms with van der Waals surface area (Å²) < 4.78 is 0. The summed E-state index contributed by atoms with van der Waals surface area (Å²) in [5, 5.41) is 8.75. The molecule has 1 saturated heterocycles. The number of aliphatic carboxylic acids is 1. The van der Waals surface area contributed by atoms with Crippen LogP contribution in [0.25, 0.3) is 0 Å². The zero-order valence-corrected chi connectivity index (χ0v) is 11.8. The third-order valence-electron chi connectivity index (χ3n) is 3.84. The minimum absolute atomic E-state index is 0.0636. The Hall–Kier alpha value is -1.84. The van der Waals surface area contributed by atoms with E-state index in [1.165, 1.54) is 0 Å². The molecule has 0 aliphatic carbocycles. The first kappa shape index (κ1) is 14.6. The Kier molecular flexibility index (Phi) is 4.77. The lowest BCUT2D eigenvalue weighted by molar-refractivity contribution is -0.137. The van der Waals surface area contributed by atoms with Gasteiger partial charge in [-0.25, -0.2) is 0 Å². The number of piperidine rings is 1. The molecule has 1 amide bonds. The monoisotopic (exact) mass is 275 g/mol. The number of carboxylic acids is 1. The van der Waals surface area contributed by atoms with E-state index in [-0.39, 0.29) is 12.3 Å². The van der Waals surface area contributed by atoms with Crippen LogP contribution in [-0.2, 0) is 4.79 Å². The highest BCUT2D eigenvalue weighted by atomic mass is 16.4. The maximum Gasteiger partial charge on any atom is 0.303 e. The van der Waals surface area contributed by atoms with Gasteiger partial charge in [-0.05, 0) is 44.2 Å². The Bertz CT molecular complexity index is 498. The minimum Gasteiger partial charge on any atom is -0.481 e. The van der Waals surface area contributed by atoms with Crippen molar-refractivity contribution in [3.05, 3.63) is 35.4 Å². The Morgan fingerprint density at radius 2 is 2.20 bits per heavy atom. The molecule has 0 saturated carbocycles. The fourth-order valence-corrected chi connectivity index (χ4v) is 2.77. The summed E-state index contributed by atoms with van der Waals surface area (Å²) >= 11 is 0. The quantitative estimate of drug-likeness (QED) is 0.919. The van der Waals surface area contributed by atoms with Crippen molar-refractivity contribution in [1.29, 1.82) is 0 Å². The van der Waals surface area contributed by atoms with Crippen molar-refractivity contribution in [2.45, 2.75) is 32.6 Å². The maximum absolute atomic E-state index is 12.4. The lowest BCUT2D eigenvalue weighted by Gasteiger charge is -2.32. The number of benzene rings is 1. The average Bonchev–Trinajstić information content (AvgIpc) is 2.44. The van der Waals surface area contributed by atoms with E-state index in [9.17, 15) is 9.59 Å². The number of carboxylic acid groups (broad SMARTS) is 1. The lowest BCUT2D eigenvalue weighted by atomic mass is 9.93. The number of aryl methyl sites for hydroxylation is 1. The van der Waals surface area contributed by atoms with Gasteiger partial charge in [0.15, 0.2) is 0 Å². The molecule has 1 N–H and O–H groups in total. The number of likely N-dealkylation sites (tertiary alicyclic amines) is 1. The first-order valence-corrected chi connectivity index (χ1v) is 7.14. The van der Waals surface area contributed by atoms with Crippen molar-refractivity contribution >= 4 is 11.9 Å². The fourth-order valence-electron chi connectivity index (χ4n) is 2.77. The molecule has 2 rings (SSSR count). The van der Waals surface area contributed by atoms with E-state index >= 15 is 0 Å². The Morgan fingerprint density at radius 1 is 1.40 bits per heavy atom. The van der Waals surface area contributed by atoms with Crippen LogP contribution in [0, 0.1) is 12.8 Å². The van der Waals surface area contributed by atoms with Crippen molar-refractivity contribution in [3.8, 4) is 0 Å². The topological polar surface area (TPSA) is 57.6 Å². The Morgan fingerprint density at radius 3 is 2.90 bits per heavy atom. The minimum atomic E-state index is -0.757. The molecule has 1 aliphatic heterocycles. The number of amides is 1. The van der Waals surface area contributed by atoms with Crippen LogP contribution < -0.4 is 0 Å². The molecule has 4 nitrogen and oxygen atoms in total. The van der Waals surface area contributed by atoms with Crippen LogP contribution in [0.5, 0.6) is 0 Å². The molecule has 4 heteroatoms. The van der Waals surface area contributed by atoms with Crippen LogP contribution in [0.2, 0.25) is 0 Å². The summed E-state index contributed by atoms with van der Waals surface area (Å²) in [7, 11) is 0. The van der Waals surface area contributed by atoms with E-state index in [1.54, 1.807) is 0 Å². The number of carbonyl (C=O) groups excluding carboxylic acids is 1. The molecule has 1 aliphatic rings. The second kappa shape index (κ2) is 6.55. The van der Waals surface area contributed by atoms with Gasteiger partial charge in [0.05, 0.1) is 0 Å². The number of nitrogens with zero attached hydrogens (tertiary/aromatic N) is 1. The van der Waals surface area contributed by atoms with E-state index in [4.69, 9.17) is 5.11 Å². The van der Waals surface area contributed by atoms with Gasteiger partial charge in [0.2, 0.25) is 0 Å². The molecule has 1 atom stereocenters. The third kappa shape index (κ3) is 3.83. The van der Waals surface area contributed by atoms with Gasteiger partial charge in [0.1, 0.15) is 0 Å². The van der Waals surface area contributed by atoms with Crippen LogP contribution in [0.1, 0.15) is 41.6 Å². The second-order valence-electron chi connectivity index (χ2n) is 5.56. The smallest absolute Gasteiger partial charge is 0.303 e. The van der Waals surface area contributed by atoms with Crippen molar-refractivity contribution in [2.24, 2.45) is 5.92 Å². The summed E-state index contributed by atoms with van der Waals surface area (Å²) in [5.74, 6) is -0.380. The molecule has 20 heavy (non-hydrogen) atoms. The third-order valence-corrected chi connectivity index (χ3v) is 3.84. The van der Waals surface area contributed by atoms with Crippen molar-refractivity contribution in [3.63, 3.8) is 0 Å². The largest absolute Gasteiger partial charge is 0.481 e. The summed E-state index contributed by atoms with van der Waals surface area (Å²) in [6.45, 7) is 3.43. The highest BCUT2D eigenvalue weighted by molar-refractivity contribution is 5.94. The van der Waals surface area contributed by atoms with Gasteiger partial charge < -0.3 is 10.0 Å². The van der Waals surface area contributed by atoms with Crippen LogP contribution in [0.4, 0.5) is 0 Å². The molecule has 108 valence electrons. The van der Waals surface area contributed by atoms with Crippen LogP contribution >= 0.6 is 0 Å². The zero-order valence-electron chi connectivity index (χ0n) is 11.8. The van der Waals surface area contributed by atoms with Crippen LogP contribution in [0.15, 0.2) is 24.3 Å². The summed E-state index contributed by atoms with van der Waals surface area (Å²) in [6, 6.07) is 7.62. The molecule has 1 aromatic rings. The Labute approximate surface area is 119 Å². The van der Waals surface area contributed by atoms with E-state index in [1.807, 2.05) is 36.1 Å². The van der Waals surface area contributed by atoms with E-state index in [2.05, 4.69) is 0 Å². The highest BCUT2D eigenvalue weighted by Crippen LogP contribution is 2.22. The van der Waals surface area contributed by atoms with E-state index < -0.39 is 5.97 Å². The molecule has 0 radical (unpaired) electrons. The summed E-state index contributed by atoms with van der Waals surface area (Å²) in [5.41, 5.74) is 1.80. The normalized spacial score (nSPS) is 18.9. The molecule has 0 bridgehead atoms. The van der Waals surface area contributed by atoms with Crippen LogP contribution in [0.3, 0.4) is 0 Å². The average molecular weight is 275 g/mol. The molecule has 0 unspecified atom stereocenters. The highest BCUT2D eigenvalue weighted by Gasteiger charge is 2.24. The standard InChI is InChI=1S/C16H21NO3/c1-12-4-2-6-14(10-12)16(20)17-9-3-5-13(11-17)7-8-15(18)19/h2,4,6,10,13H,3,5,7-9,11H2,1H3,(H,18,19)/t13-/m1/s1. The fraction of sp³-hybridized carbons (Fsp3) is 0.500. The molecular weight excluding hydrogens is 254 g/mol. The predicted molar refractivity (Wildman–Crippen MR) is 76.7 cm³/mol. The zero-order chi connectivity index (χ0) is 14.5. The van der Waals surface area contributed by atoms with Gasteiger partial charge in [-0.3, -0.25) is 9.59 Å². The predicted octanol–water partition coefficient (Wildman–Crippen LogP) is 2.71. The van der Waals surface area contributed by atoms with Gasteiger partial charge in [-0.1, -0.05) is 17.7 Å². The number of hydrogen-bond donors (Lipinski definition) is 1. The number of hydrogen-bond acceptors (Lipinski definition) is 2.